The van der Waals surface area contributed by atoms with Crippen molar-refractivity contribution < 1.29 is 4.74 Å². The van der Waals surface area contributed by atoms with Gasteiger partial charge in [0.15, 0.2) is 0 Å². The van der Waals surface area contributed by atoms with E-state index >= 15 is 0 Å². The van der Waals surface area contributed by atoms with Crippen LogP contribution >= 0.6 is 22.9 Å². The first-order valence-corrected chi connectivity index (χ1v) is 5.88. The molecule has 74 valence electrons. The summed E-state index contributed by atoms with van der Waals surface area (Å²) in [6.07, 6.45) is 1.90. The highest BCUT2D eigenvalue weighted by molar-refractivity contribution is 7.09. The monoisotopic (exact) mass is 218 g/mol. The van der Waals surface area contributed by atoms with Crippen molar-refractivity contribution in [1.82, 2.24) is 0 Å². The van der Waals surface area contributed by atoms with E-state index in [-0.39, 0.29) is 5.38 Å². The molecule has 0 N–H and O–H groups in total. The molecule has 0 aliphatic rings. The first-order valence-electron chi connectivity index (χ1n) is 4.57. The molecule has 1 heterocycles. The average Bonchev–Trinajstić information content (AvgIpc) is 2.57. The van der Waals surface area contributed by atoms with Gasteiger partial charge in [-0.3, -0.25) is 0 Å². The van der Waals surface area contributed by atoms with Crippen LogP contribution in [-0.4, -0.2) is 18.6 Å². The summed E-state index contributed by atoms with van der Waals surface area (Å²) in [4.78, 5) is 1.36. The van der Waals surface area contributed by atoms with E-state index < -0.39 is 0 Å². The summed E-state index contributed by atoms with van der Waals surface area (Å²) in [5.41, 5.74) is 0. The van der Waals surface area contributed by atoms with Crippen LogP contribution in [0.4, 0.5) is 0 Å². The molecule has 1 rings (SSSR count). The maximum absolute atomic E-state index is 6.13. The normalized spacial score (nSPS) is 13.1. The summed E-state index contributed by atoms with van der Waals surface area (Å²) >= 11 is 7.90. The van der Waals surface area contributed by atoms with E-state index in [2.05, 4.69) is 17.5 Å². The Kier molecular flexibility index (Phi) is 5.44. The lowest BCUT2D eigenvalue weighted by molar-refractivity contribution is 0.144. The van der Waals surface area contributed by atoms with Gasteiger partial charge in [0, 0.05) is 23.5 Å². The van der Waals surface area contributed by atoms with Crippen LogP contribution in [0.5, 0.6) is 0 Å². The molecule has 0 aliphatic carbocycles. The van der Waals surface area contributed by atoms with Crippen LogP contribution in [0.1, 0.15) is 18.2 Å². The van der Waals surface area contributed by atoms with Crippen molar-refractivity contribution in [3.8, 4) is 0 Å². The van der Waals surface area contributed by atoms with E-state index in [1.165, 1.54) is 4.88 Å². The SMILES string of the molecule is CCOCCC(Cl)Cc1cccs1. The average molecular weight is 219 g/mol. The third kappa shape index (κ3) is 4.65. The van der Waals surface area contributed by atoms with Gasteiger partial charge in [-0.15, -0.1) is 22.9 Å². The van der Waals surface area contributed by atoms with Gasteiger partial charge in [-0.05, 0) is 31.2 Å². The molecule has 1 unspecified atom stereocenters. The lowest BCUT2D eigenvalue weighted by atomic mass is 10.2. The molecule has 0 radical (unpaired) electrons. The van der Waals surface area contributed by atoms with Gasteiger partial charge >= 0.3 is 0 Å². The van der Waals surface area contributed by atoms with Crippen LogP contribution in [0.3, 0.4) is 0 Å². The van der Waals surface area contributed by atoms with E-state index in [4.69, 9.17) is 16.3 Å². The zero-order valence-electron chi connectivity index (χ0n) is 7.83. The third-order valence-electron chi connectivity index (χ3n) is 1.78. The maximum atomic E-state index is 6.13. The van der Waals surface area contributed by atoms with Crippen LogP contribution in [0.25, 0.3) is 0 Å². The van der Waals surface area contributed by atoms with Gasteiger partial charge in [-0.1, -0.05) is 6.07 Å². The molecule has 0 amide bonds. The van der Waals surface area contributed by atoms with Gasteiger partial charge in [-0.2, -0.15) is 0 Å². The van der Waals surface area contributed by atoms with Crippen LogP contribution < -0.4 is 0 Å². The van der Waals surface area contributed by atoms with Crippen molar-refractivity contribution in [3.05, 3.63) is 22.4 Å². The summed E-state index contributed by atoms with van der Waals surface area (Å²) in [6.45, 7) is 3.56. The zero-order valence-corrected chi connectivity index (χ0v) is 9.40. The Morgan fingerprint density at radius 2 is 2.46 bits per heavy atom. The largest absolute Gasteiger partial charge is 0.382 e. The summed E-state index contributed by atoms with van der Waals surface area (Å²) in [5, 5.41) is 2.30. The molecule has 0 aliphatic heterocycles. The predicted octanol–water partition coefficient (Wildman–Crippen LogP) is 3.32. The standard InChI is InChI=1S/C10H15ClOS/c1-2-12-6-5-9(11)8-10-4-3-7-13-10/h3-4,7,9H,2,5-6,8H2,1H3. The van der Waals surface area contributed by atoms with E-state index in [1.54, 1.807) is 11.3 Å². The highest BCUT2D eigenvalue weighted by Crippen LogP contribution is 2.15. The third-order valence-corrected chi connectivity index (χ3v) is 3.05. The molecule has 0 saturated carbocycles. The Hall–Kier alpha value is -0.0500. The van der Waals surface area contributed by atoms with Gasteiger partial charge in [0.25, 0.3) is 0 Å². The van der Waals surface area contributed by atoms with Crippen LogP contribution in [-0.2, 0) is 11.2 Å². The number of thiophene rings is 1. The fraction of sp³-hybridized carbons (Fsp3) is 0.600. The molecule has 1 aromatic rings. The van der Waals surface area contributed by atoms with Crippen molar-refractivity contribution in [2.45, 2.75) is 25.1 Å². The number of ether oxygens (including phenoxy) is 1. The quantitative estimate of drug-likeness (QED) is 0.526. The van der Waals surface area contributed by atoms with Gasteiger partial charge < -0.3 is 4.74 Å². The molecular weight excluding hydrogens is 204 g/mol. The Bertz CT molecular complexity index is 211. The minimum Gasteiger partial charge on any atom is -0.382 e. The highest BCUT2D eigenvalue weighted by Gasteiger charge is 2.05. The molecule has 3 heteroatoms. The second kappa shape index (κ2) is 6.41. The molecule has 1 aromatic heterocycles. The zero-order chi connectivity index (χ0) is 9.52. The topological polar surface area (TPSA) is 9.23 Å². The minimum atomic E-state index is 0.213. The molecule has 0 fully saturated rings. The highest BCUT2D eigenvalue weighted by atomic mass is 35.5. The van der Waals surface area contributed by atoms with E-state index in [1.807, 2.05) is 6.92 Å². The summed E-state index contributed by atoms with van der Waals surface area (Å²) in [7, 11) is 0. The van der Waals surface area contributed by atoms with E-state index in [0.717, 1.165) is 26.1 Å². The second-order valence-corrected chi connectivity index (χ2v) is 4.52. The molecule has 13 heavy (non-hydrogen) atoms. The maximum Gasteiger partial charge on any atom is 0.0480 e. The van der Waals surface area contributed by atoms with Crippen LogP contribution in [0.2, 0.25) is 0 Å². The molecule has 1 atom stereocenters. The molecule has 1 nitrogen and oxygen atoms in total. The summed E-state index contributed by atoms with van der Waals surface area (Å²) in [5.74, 6) is 0. The molecular formula is C10H15ClOS. The van der Waals surface area contributed by atoms with Crippen LogP contribution in [0, 0.1) is 0 Å². The van der Waals surface area contributed by atoms with Gasteiger partial charge in [0.2, 0.25) is 0 Å². The fourth-order valence-corrected chi connectivity index (χ4v) is 2.24. The van der Waals surface area contributed by atoms with Crippen molar-refractivity contribution in [1.29, 1.82) is 0 Å². The molecule has 0 spiro atoms. The lowest BCUT2D eigenvalue weighted by Gasteiger charge is -2.07. The van der Waals surface area contributed by atoms with Gasteiger partial charge in [0.1, 0.15) is 0 Å². The first-order chi connectivity index (χ1) is 6.33. The Balaban J connectivity index is 2.14. The number of rotatable bonds is 6. The number of hydrogen-bond acceptors (Lipinski definition) is 2. The van der Waals surface area contributed by atoms with Gasteiger partial charge in [-0.25, -0.2) is 0 Å². The molecule has 0 bridgehead atoms. The number of halogens is 1. The fourth-order valence-electron chi connectivity index (χ4n) is 1.10. The molecule has 0 aromatic carbocycles. The van der Waals surface area contributed by atoms with Crippen molar-refractivity contribution in [2.24, 2.45) is 0 Å². The smallest absolute Gasteiger partial charge is 0.0480 e. The van der Waals surface area contributed by atoms with Gasteiger partial charge in [0.05, 0.1) is 0 Å². The van der Waals surface area contributed by atoms with E-state index in [0.29, 0.717) is 0 Å². The summed E-state index contributed by atoms with van der Waals surface area (Å²) < 4.78 is 5.24. The van der Waals surface area contributed by atoms with Crippen LogP contribution in [0.15, 0.2) is 17.5 Å². The number of alkyl halides is 1. The van der Waals surface area contributed by atoms with Crippen molar-refractivity contribution in [3.63, 3.8) is 0 Å². The Morgan fingerprint density at radius 1 is 1.62 bits per heavy atom. The molecule has 0 saturated heterocycles. The summed E-state index contributed by atoms with van der Waals surface area (Å²) in [6, 6.07) is 4.19. The van der Waals surface area contributed by atoms with Crippen molar-refractivity contribution >= 4 is 22.9 Å². The van der Waals surface area contributed by atoms with Crippen molar-refractivity contribution in [2.75, 3.05) is 13.2 Å². The predicted molar refractivity (Wildman–Crippen MR) is 58.8 cm³/mol. The van der Waals surface area contributed by atoms with E-state index in [9.17, 15) is 0 Å². The minimum absolute atomic E-state index is 0.213. The Labute approximate surface area is 88.7 Å². The number of hydrogen-bond donors (Lipinski definition) is 0. The second-order valence-electron chi connectivity index (χ2n) is 2.87. The first kappa shape index (κ1) is 11.0. The lowest BCUT2D eigenvalue weighted by Crippen LogP contribution is -2.06. The Morgan fingerprint density at radius 3 is 3.08 bits per heavy atom.